The fraction of sp³-hybridized carbons (Fsp3) is 0.333. The van der Waals surface area contributed by atoms with Crippen LogP contribution < -0.4 is 5.32 Å². The third-order valence-corrected chi connectivity index (χ3v) is 5.92. The van der Waals surface area contributed by atoms with Crippen molar-refractivity contribution < 1.29 is 9.59 Å². The van der Waals surface area contributed by atoms with Crippen LogP contribution in [-0.2, 0) is 16.1 Å². The Morgan fingerprint density at radius 3 is 1.79 bits per heavy atom. The van der Waals surface area contributed by atoms with Crippen molar-refractivity contribution in [2.75, 3.05) is 0 Å². The highest BCUT2D eigenvalue weighted by Crippen LogP contribution is 2.29. The summed E-state index contributed by atoms with van der Waals surface area (Å²) in [6.07, 6.45) is 0.285. The average molecular weight is 457 g/mol. The molecule has 0 aliphatic heterocycles. The van der Waals surface area contributed by atoms with Gasteiger partial charge in [-0.25, -0.2) is 0 Å². The quantitative estimate of drug-likeness (QED) is 0.462. The van der Waals surface area contributed by atoms with E-state index in [0.717, 1.165) is 22.3 Å². The van der Waals surface area contributed by atoms with Crippen molar-refractivity contribution in [1.29, 1.82) is 0 Å². The third kappa shape index (κ3) is 7.05. The van der Waals surface area contributed by atoms with Gasteiger partial charge in [0, 0.05) is 24.4 Å². The van der Waals surface area contributed by atoms with Crippen molar-refractivity contribution in [3.63, 3.8) is 0 Å². The van der Waals surface area contributed by atoms with Crippen LogP contribution in [0.15, 0.2) is 84.9 Å². The first-order valence-corrected chi connectivity index (χ1v) is 11.9. The minimum absolute atomic E-state index is 0.0464. The molecule has 0 bridgehead atoms. The summed E-state index contributed by atoms with van der Waals surface area (Å²) in [4.78, 5) is 28.6. The first kappa shape index (κ1) is 25.2. The van der Waals surface area contributed by atoms with Gasteiger partial charge >= 0.3 is 0 Å². The normalized spacial score (nSPS) is 12.3. The number of carbonyl (C=O) groups excluding carboxylic acids is 2. The standard InChI is InChI=1S/C30H36N2O2/c1-22-16-18-24(19-17-22)21-32(23(2)29(34)31-30(3,4)5)28(33)20-27(25-12-8-6-9-13-25)26-14-10-7-11-15-26/h6-19,23,27H,20-21H2,1-5H3,(H,31,34)/t23-/m1/s1. The van der Waals surface area contributed by atoms with Crippen molar-refractivity contribution in [1.82, 2.24) is 10.2 Å². The Kier molecular flexibility index (Phi) is 8.27. The minimum atomic E-state index is -0.597. The Morgan fingerprint density at radius 2 is 1.32 bits per heavy atom. The Bertz CT molecular complexity index is 1030. The number of benzene rings is 3. The Labute approximate surface area is 204 Å². The molecule has 4 heteroatoms. The number of amides is 2. The number of hydrogen-bond acceptors (Lipinski definition) is 2. The molecular weight excluding hydrogens is 420 g/mol. The summed E-state index contributed by atoms with van der Waals surface area (Å²) in [7, 11) is 0. The summed E-state index contributed by atoms with van der Waals surface area (Å²) in [6, 6.07) is 27.7. The summed E-state index contributed by atoms with van der Waals surface area (Å²) < 4.78 is 0. The molecule has 0 aliphatic rings. The molecule has 0 spiro atoms. The Hall–Kier alpha value is -3.40. The molecule has 178 valence electrons. The predicted molar refractivity (Wildman–Crippen MR) is 138 cm³/mol. The van der Waals surface area contributed by atoms with Crippen LogP contribution >= 0.6 is 0 Å². The van der Waals surface area contributed by atoms with E-state index in [-0.39, 0.29) is 29.7 Å². The van der Waals surface area contributed by atoms with Gasteiger partial charge in [-0.2, -0.15) is 0 Å². The van der Waals surface area contributed by atoms with E-state index in [1.807, 2.05) is 95.3 Å². The molecule has 0 radical (unpaired) electrons. The second-order valence-electron chi connectivity index (χ2n) is 10.0. The van der Waals surface area contributed by atoms with Crippen molar-refractivity contribution in [3.05, 3.63) is 107 Å². The molecule has 0 fully saturated rings. The summed E-state index contributed by atoms with van der Waals surface area (Å²) in [5, 5.41) is 3.03. The van der Waals surface area contributed by atoms with E-state index in [1.165, 1.54) is 0 Å². The van der Waals surface area contributed by atoms with E-state index in [4.69, 9.17) is 0 Å². The lowest BCUT2D eigenvalue weighted by atomic mass is 9.88. The number of hydrogen-bond donors (Lipinski definition) is 1. The van der Waals surface area contributed by atoms with Crippen LogP contribution in [0.1, 0.15) is 62.3 Å². The number of aryl methyl sites for hydroxylation is 1. The number of nitrogens with zero attached hydrogens (tertiary/aromatic N) is 1. The molecule has 0 unspecified atom stereocenters. The lowest BCUT2D eigenvalue weighted by Crippen LogP contribution is -2.52. The van der Waals surface area contributed by atoms with Gasteiger partial charge in [-0.1, -0.05) is 90.5 Å². The van der Waals surface area contributed by atoms with E-state index in [2.05, 4.69) is 29.6 Å². The van der Waals surface area contributed by atoms with Gasteiger partial charge in [-0.15, -0.1) is 0 Å². The van der Waals surface area contributed by atoms with Gasteiger partial charge in [0.05, 0.1) is 0 Å². The third-order valence-electron chi connectivity index (χ3n) is 5.92. The van der Waals surface area contributed by atoms with Gasteiger partial charge in [-0.3, -0.25) is 9.59 Å². The SMILES string of the molecule is Cc1ccc(CN(C(=O)CC(c2ccccc2)c2ccccc2)[C@H](C)C(=O)NC(C)(C)C)cc1. The molecule has 0 heterocycles. The molecule has 3 aromatic rings. The fourth-order valence-electron chi connectivity index (χ4n) is 4.04. The van der Waals surface area contributed by atoms with Crippen molar-refractivity contribution in [2.24, 2.45) is 0 Å². The van der Waals surface area contributed by atoms with Gasteiger partial charge in [0.2, 0.25) is 11.8 Å². The van der Waals surface area contributed by atoms with Gasteiger partial charge in [0.1, 0.15) is 6.04 Å². The lowest BCUT2D eigenvalue weighted by Gasteiger charge is -2.32. The van der Waals surface area contributed by atoms with Gasteiger partial charge in [0.15, 0.2) is 0 Å². The van der Waals surface area contributed by atoms with E-state index in [0.29, 0.717) is 6.54 Å². The van der Waals surface area contributed by atoms with Crippen molar-refractivity contribution in [2.45, 2.75) is 65.1 Å². The van der Waals surface area contributed by atoms with Crippen molar-refractivity contribution in [3.8, 4) is 0 Å². The maximum Gasteiger partial charge on any atom is 0.242 e. The summed E-state index contributed by atoms with van der Waals surface area (Å²) >= 11 is 0. The summed E-state index contributed by atoms with van der Waals surface area (Å²) in [5.41, 5.74) is 3.97. The number of nitrogens with one attached hydrogen (secondary N) is 1. The van der Waals surface area contributed by atoms with E-state index in [9.17, 15) is 9.59 Å². The Morgan fingerprint density at radius 1 is 0.824 bits per heavy atom. The van der Waals surface area contributed by atoms with E-state index >= 15 is 0 Å². The zero-order valence-corrected chi connectivity index (χ0v) is 20.9. The van der Waals surface area contributed by atoms with Crippen LogP contribution in [0, 0.1) is 6.92 Å². The summed E-state index contributed by atoms with van der Waals surface area (Å²) in [6.45, 7) is 10.1. The second kappa shape index (κ2) is 11.1. The molecule has 0 saturated carbocycles. The highest BCUT2D eigenvalue weighted by molar-refractivity contribution is 5.88. The van der Waals surface area contributed by atoms with Crippen molar-refractivity contribution >= 4 is 11.8 Å². The molecule has 0 saturated heterocycles. The van der Waals surface area contributed by atoms with Crippen LogP contribution in [0.3, 0.4) is 0 Å². The maximum absolute atomic E-state index is 13.8. The number of rotatable bonds is 8. The zero-order valence-electron chi connectivity index (χ0n) is 20.9. The van der Waals surface area contributed by atoms with Crippen LogP contribution in [-0.4, -0.2) is 28.3 Å². The lowest BCUT2D eigenvalue weighted by molar-refractivity contribution is -0.141. The zero-order chi connectivity index (χ0) is 24.7. The first-order chi connectivity index (χ1) is 16.1. The van der Waals surface area contributed by atoms with E-state index < -0.39 is 6.04 Å². The van der Waals surface area contributed by atoms with Crippen LogP contribution in [0.5, 0.6) is 0 Å². The smallest absolute Gasteiger partial charge is 0.242 e. The predicted octanol–water partition coefficient (Wildman–Crippen LogP) is 5.85. The largest absolute Gasteiger partial charge is 0.350 e. The first-order valence-electron chi connectivity index (χ1n) is 11.9. The molecule has 3 aromatic carbocycles. The van der Waals surface area contributed by atoms with Crippen LogP contribution in [0.2, 0.25) is 0 Å². The Balaban J connectivity index is 1.92. The molecule has 1 atom stereocenters. The maximum atomic E-state index is 13.8. The second-order valence-corrected chi connectivity index (χ2v) is 10.0. The molecule has 4 nitrogen and oxygen atoms in total. The highest BCUT2D eigenvalue weighted by Gasteiger charge is 2.30. The topological polar surface area (TPSA) is 49.4 Å². The molecule has 34 heavy (non-hydrogen) atoms. The fourth-order valence-corrected chi connectivity index (χ4v) is 4.04. The number of carbonyl (C=O) groups is 2. The molecule has 0 aromatic heterocycles. The van der Waals surface area contributed by atoms with E-state index in [1.54, 1.807) is 4.90 Å². The molecule has 3 rings (SSSR count). The monoisotopic (exact) mass is 456 g/mol. The average Bonchev–Trinajstić information content (AvgIpc) is 2.81. The van der Waals surface area contributed by atoms with Gasteiger partial charge in [-0.05, 0) is 51.3 Å². The van der Waals surface area contributed by atoms with Crippen LogP contribution in [0.25, 0.3) is 0 Å². The van der Waals surface area contributed by atoms with Crippen LogP contribution in [0.4, 0.5) is 0 Å². The highest BCUT2D eigenvalue weighted by atomic mass is 16.2. The minimum Gasteiger partial charge on any atom is -0.350 e. The van der Waals surface area contributed by atoms with Gasteiger partial charge in [0.25, 0.3) is 0 Å². The molecule has 1 N–H and O–H groups in total. The summed E-state index contributed by atoms with van der Waals surface area (Å²) in [5.74, 6) is -0.285. The van der Waals surface area contributed by atoms with Gasteiger partial charge < -0.3 is 10.2 Å². The molecular formula is C30H36N2O2. The molecule has 0 aliphatic carbocycles. The molecule has 2 amide bonds.